The number of nitrogens with one attached hydrogen (secondary N) is 1. The van der Waals surface area contributed by atoms with Crippen LogP contribution in [0, 0.1) is 0 Å². The third-order valence-electron chi connectivity index (χ3n) is 4.05. The van der Waals surface area contributed by atoms with Crippen molar-refractivity contribution in [3.63, 3.8) is 0 Å². The number of rotatable bonds is 6. The SMILES string of the molecule is COc1ccc(Nc2nc(-c3ccc(N=Nc4ccccc4)cc3)cs2)cc1. The van der Waals surface area contributed by atoms with Crippen LogP contribution in [0.2, 0.25) is 0 Å². The number of nitrogens with zero attached hydrogens (tertiary/aromatic N) is 3. The van der Waals surface area contributed by atoms with Crippen LogP contribution in [-0.2, 0) is 0 Å². The van der Waals surface area contributed by atoms with Crippen LogP contribution in [-0.4, -0.2) is 12.1 Å². The van der Waals surface area contributed by atoms with Gasteiger partial charge in [-0.2, -0.15) is 10.2 Å². The van der Waals surface area contributed by atoms with Crippen molar-refractivity contribution in [1.29, 1.82) is 0 Å². The zero-order chi connectivity index (χ0) is 19.2. The van der Waals surface area contributed by atoms with Gasteiger partial charge in [0.2, 0.25) is 0 Å². The molecule has 138 valence electrons. The molecule has 1 N–H and O–H groups in total. The lowest BCUT2D eigenvalue weighted by molar-refractivity contribution is 0.415. The van der Waals surface area contributed by atoms with Gasteiger partial charge in [-0.25, -0.2) is 4.98 Å². The molecule has 0 radical (unpaired) electrons. The Morgan fingerprint density at radius 3 is 2.18 bits per heavy atom. The van der Waals surface area contributed by atoms with Gasteiger partial charge in [0.1, 0.15) is 5.75 Å². The van der Waals surface area contributed by atoms with Crippen LogP contribution in [0.1, 0.15) is 0 Å². The van der Waals surface area contributed by atoms with Gasteiger partial charge in [0.25, 0.3) is 0 Å². The predicted octanol–water partition coefficient (Wildman–Crippen LogP) is 6.98. The van der Waals surface area contributed by atoms with E-state index in [0.717, 1.165) is 39.2 Å². The van der Waals surface area contributed by atoms with E-state index in [1.54, 1.807) is 18.4 Å². The Hall–Kier alpha value is -3.51. The first-order chi connectivity index (χ1) is 13.8. The number of thiazole rings is 1. The van der Waals surface area contributed by atoms with Gasteiger partial charge in [-0.15, -0.1) is 11.3 Å². The summed E-state index contributed by atoms with van der Waals surface area (Å²) in [6.45, 7) is 0. The molecule has 0 saturated carbocycles. The molecular formula is C22H18N4OS. The van der Waals surface area contributed by atoms with Crippen molar-refractivity contribution < 1.29 is 4.74 Å². The highest BCUT2D eigenvalue weighted by atomic mass is 32.1. The van der Waals surface area contributed by atoms with E-state index in [4.69, 9.17) is 4.74 Å². The Balaban J connectivity index is 1.44. The Morgan fingerprint density at radius 2 is 1.50 bits per heavy atom. The Labute approximate surface area is 167 Å². The molecule has 6 heteroatoms. The molecule has 0 aliphatic heterocycles. The quantitative estimate of drug-likeness (QED) is 0.364. The summed E-state index contributed by atoms with van der Waals surface area (Å²) in [5.74, 6) is 0.829. The monoisotopic (exact) mass is 386 g/mol. The third-order valence-corrected chi connectivity index (χ3v) is 4.80. The summed E-state index contributed by atoms with van der Waals surface area (Å²) in [6.07, 6.45) is 0. The van der Waals surface area contributed by atoms with Crippen molar-refractivity contribution in [2.45, 2.75) is 0 Å². The van der Waals surface area contributed by atoms with E-state index in [9.17, 15) is 0 Å². The zero-order valence-electron chi connectivity index (χ0n) is 15.2. The highest BCUT2D eigenvalue weighted by Gasteiger charge is 2.05. The molecule has 0 saturated heterocycles. The maximum atomic E-state index is 5.18. The average Bonchev–Trinajstić information content (AvgIpc) is 3.22. The minimum absolute atomic E-state index is 0.805. The van der Waals surface area contributed by atoms with Gasteiger partial charge in [-0.05, 0) is 48.5 Å². The summed E-state index contributed by atoms with van der Waals surface area (Å²) in [7, 11) is 1.66. The molecule has 0 aliphatic rings. The standard InChI is InChI=1S/C22H18N4OS/c1-27-20-13-11-17(12-14-20)23-22-24-21(15-28-22)16-7-9-19(10-8-16)26-25-18-5-3-2-4-6-18/h2-15H,1H3,(H,23,24). The second kappa shape index (κ2) is 8.45. The van der Waals surface area contributed by atoms with Gasteiger partial charge in [-0.1, -0.05) is 30.3 Å². The lowest BCUT2D eigenvalue weighted by Gasteiger charge is -2.04. The van der Waals surface area contributed by atoms with Crippen LogP contribution in [0.3, 0.4) is 0 Å². The van der Waals surface area contributed by atoms with Gasteiger partial charge in [-0.3, -0.25) is 0 Å². The number of hydrogen-bond donors (Lipinski definition) is 1. The van der Waals surface area contributed by atoms with Crippen LogP contribution in [0.15, 0.2) is 94.5 Å². The molecule has 3 aromatic carbocycles. The van der Waals surface area contributed by atoms with Crippen LogP contribution in [0.5, 0.6) is 5.75 Å². The minimum Gasteiger partial charge on any atom is -0.497 e. The van der Waals surface area contributed by atoms with E-state index in [1.807, 2.05) is 84.2 Å². The fourth-order valence-corrected chi connectivity index (χ4v) is 3.31. The Morgan fingerprint density at radius 1 is 0.821 bits per heavy atom. The highest BCUT2D eigenvalue weighted by molar-refractivity contribution is 7.14. The molecule has 0 atom stereocenters. The molecule has 0 aliphatic carbocycles. The van der Waals surface area contributed by atoms with E-state index in [1.165, 1.54) is 0 Å². The fraction of sp³-hybridized carbons (Fsp3) is 0.0455. The third kappa shape index (κ3) is 4.42. The number of ether oxygens (including phenoxy) is 1. The number of hydrogen-bond acceptors (Lipinski definition) is 6. The lowest BCUT2D eigenvalue weighted by atomic mass is 10.1. The zero-order valence-corrected chi connectivity index (χ0v) is 16.1. The van der Waals surface area contributed by atoms with E-state index in [2.05, 4.69) is 20.5 Å². The predicted molar refractivity (Wildman–Crippen MR) is 114 cm³/mol. The molecule has 4 rings (SSSR count). The number of methoxy groups -OCH3 is 1. The van der Waals surface area contributed by atoms with Crippen LogP contribution >= 0.6 is 11.3 Å². The summed E-state index contributed by atoms with van der Waals surface area (Å²) in [4.78, 5) is 4.66. The first kappa shape index (κ1) is 17.9. The summed E-state index contributed by atoms with van der Waals surface area (Å²) in [6, 6.07) is 25.3. The highest BCUT2D eigenvalue weighted by Crippen LogP contribution is 2.29. The van der Waals surface area contributed by atoms with Crippen molar-refractivity contribution >= 4 is 33.5 Å². The van der Waals surface area contributed by atoms with Crippen LogP contribution < -0.4 is 10.1 Å². The van der Waals surface area contributed by atoms with Crippen molar-refractivity contribution in [2.75, 3.05) is 12.4 Å². The van der Waals surface area contributed by atoms with E-state index < -0.39 is 0 Å². The van der Waals surface area contributed by atoms with Crippen molar-refractivity contribution in [3.8, 4) is 17.0 Å². The molecule has 1 aromatic heterocycles. The molecule has 28 heavy (non-hydrogen) atoms. The summed E-state index contributed by atoms with van der Waals surface area (Å²) >= 11 is 1.57. The number of azo groups is 1. The van der Waals surface area contributed by atoms with Crippen LogP contribution in [0.25, 0.3) is 11.3 Å². The summed E-state index contributed by atoms with van der Waals surface area (Å²) < 4.78 is 5.18. The van der Waals surface area contributed by atoms with Crippen molar-refractivity contribution in [2.24, 2.45) is 10.2 Å². The van der Waals surface area contributed by atoms with Gasteiger partial charge in [0.05, 0.1) is 24.2 Å². The summed E-state index contributed by atoms with van der Waals surface area (Å²) in [5, 5.41) is 14.7. The Bertz CT molecular complexity index is 1060. The van der Waals surface area contributed by atoms with Crippen molar-refractivity contribution in [1.82, 2.24) is 4.98 Å². The molecule has 0 amide bonds. The van der Waals surface area contributed by atoms with Crippen molar-refractivity contribution in [3.05, 3.63) is 84.2 Å². The molecule has 5 nitrogen and oxygen atoms in total. The topological polar surface area (TPSA) is 58.9 Å². The molecule has 0 bridgehead atoms. The number of benzene rings is 3. The lowest BCUT2D eigenvalue weighted by Crippen LogP contribution is -1.90. The largest absolute Gasteiger partial charge is 0.497 e. The molecule has 0 unspecified atom stereocenters. The first-order valence-corrected chi connectivity index (χ1v) is 9.62. The molecule has 1 heterocycles. The molecule has 0 fully saturated rings. The van der Waals surface area contributed by atoms with Gasteiger partial charge in [0, 0.05) is 16.6 Å². The average molecular weight is 386 g/mol. The maximum Gasteiger partial charge on any atom is 0.187 e. The van der Waals surface area contributed by atoms with E-state index in [0.29, 0.717) is 0 Å². The smallest absolute Gasteiger partial charge is 0.187 e. The number of aromatic nitrogens is 1. The Kier molecular flexibility index (Phi) is 5.40. The van der Waals surface area contributed by atoms with Gasteiger partial charge in [0.15, 0.2) is 5.13 Å². The van der Waals surface area contributed by atoms with E-state index in [-0.39, 0.29) is 0 Å². The maximum absolute atomic E-state index is 5.18. The number of anilines is 2. The molecular weight excluding hydrogens is 368 g/mol. The molecule has 0 spiro atoms. The fourth-order valence-electron chi connectivity index (χ4n) is 2.57. The first-order valence-electron chi connectivity index (χ1n) is 8.74. The van der Waals surface area contributed by atoms with E-state index >= 15 is 0 Å². The van der Waals surface area contributed by atoms with Crippen LogP contribution in [0.4, 0.5) is 22.2 Å². The van der Waals surface area contributed by atoms with Gasteiger partial charge >= 0.3 is 0 Å². The minimum atomic E-state index is 0.805. The van der Waals surface area contributed by atoms with Gasteiger partial charge < -0.3 is 10.1 Å². The second-order valence-corrected chi connectivity index (χ2v) is 6.83. The second-order valence-electron chi connectivity index (χ2n) is 5.97. The summed E-state index contributed by atoms with van der Waals surface area (Å²) in [5.41, 5.74) is 4.57. The normalized spacial score (nSPS) is 10.9. The molecule has 4 aromatic rings.